The molecule has 21 heavy (non-hydrogen) atoms. The highest BCUT2D eigenvalue weighted by atomic mass is 19.1. The largest absolute Gasteiger partial charge is 0.488 e. The Bertz CT molecular complexity index is 508. The van der Waals surface area contributed by atoms with E-state index in [-0.39, 0.29) is 17.5 Å². The predicted molar refractivity (Wildman–Crippen MR) is 82.3 cm³/mol. The summed E-state index contributed by atoms with van der Waals surface area (Å²) in [4.78, 5) is 2.50. The Morgan fingerprint density at radius 3 is 3.14 bits per heavy atom. The Kier molecular flexibility index (Phi) is 4.18. The van der Waals surface area contributed by atoms with Crippen LogP contribution in [0, 0.1) is 5.82 Å². The summed E-state index contributed by atoms with van der Waals surface area (Å²) in [6, 6.07) is 4.84. The van der Waals surface area contributed by atoms with E-state index < -0.39 is 0 Å². The van der Waals surface area contributed by atoms with E-state index in [9.17, 15) is 4.39 Å². The molecule has 2 unspecified atom stereocenters. The number of nitrogens with one attached hydrogen (secondary N) is 1. The van der Waals surface area contributed by atoms with Crippen molar-refractivity contribution in [1.82, 2.24) is 10.2 Å². The van der Waals surface area contributed by atoms with E-state index in [0.29, 0.717) is 0 Å². The van der Waals surface area contributed by atoms with Gasteiger partial charge in [-0.05, 0) is 51.1 Å². The number of ether oxygens (including phenoxy) is 1. The van der Waals surface area contributed by atoms with Gasteiger partial charge in [-0.3, -0.25) is 4.90 Å². The van der Waals surface area contributed by atoms with Crippen LogP contribution in [0.5, 0.6) is 5.75 Å². The summed E-state index contributed by atoms with van der Waals surface area (Å²) in [6.07, 6.45) is 3.27. The molecule has 4 heteroatoms. The van der Waals surface area contributed by atoms with Crippen LogP contribution in [0.1, 0.15) is 32.3 Å². The molecular formula is C17H25FN2O. The van der Waals surface area contributed by atoms with E-state index in [2.05, 4.69) is 24.1 Å². The molecule has 0 aliphatic carbocycles. The topological polar surface area (TPSA) is 24.5 Å². The van der Waals surface area contributed by atoms with Crippen LogP contribution < -0.4 is 10.1 Å². The Labute approximate surface area is 126 Å². The molecule has 0 saturated carbocycles. The number of halogens is 1. The molecule has 1 fully saturated rings. The highest BCUT2D eigenvalue weighted by molar-refractivity contribution is 5.37. The Hall–Kier alpha value is -1.13. The first-order chi connectivity index (χ1) is 10.1. The standard InChI is InChI=1S/C17H25FN2O/c1-3-17(2)12-20(8-4-7-19-17)11-15-10-13-9-14(18)5-6-16(13)21-15/h5-6,9,15,19H,3-4,7-8,10-12H2,1-2H3. The van der Waals surface area contributed by atoms with Crippen LogP contribution >= 0.6 is 0 Å². The number of rotatable bonds is 3. The van der Waals surface area contributed by atoms with Crippen molar-refractivity contribution in [3.63, 3.8) is 0 Å². The van der Waals surface area contributed by atoms with Crippen molar-refractivity contribution >= 4 is 0 Å². The Morgan fingerprint density at radius 1 is 1.48 bits per heavy atom. The monoisotopic (exact) mass is 292 g/mol. The third-order valence-corrected chi connectivity index (χ3v) is 4.78. The number of benzene rings is 1. The van der Waals surface area contributed by atoms with Gasteiger partial charge in [0.05, 0.1) is 0 Å². The highest BCUT2D eigenvalue weighted by Gasteiger charge is 2.30. The van der Waals surface area contributed by atoms with Crippen molar-refractivity contribution < 1.29 is 9.13 Å². The maximum atomic E-state index is 13.3. The molecule has 2 atom stereocenters. The van der Waals surface area contributed by atoms with Gasteiger partial charge in [0.15, 0.2) is 0 Å². The Balaban J connectivity index is 1.62. The zero-order valence-electron chi connectivity index (χ0n) is 13.0. The van der Waals surface area contributed by atoms with Crippen LogP contribution in [0.2, 0.25) is 0 Å². The van der Waals surface area contributed by atoms with Gasteiger partial charge in [0.25, 0.3) is 0 Å². The smallest absolute Gasteiger partial charge is 0.123 e. The zero-order valence-corrected chi connectivity index (χ0v) is 13.0. The lowest BCUT2D eigenvalue weighted by Gasteiger charge is -2.33. The average Bonchev–Trinajstić information content (AvgIpc) is 2.74. The van der Waals surface area contributed by atoms with E-state index in [1.165, 1.54) is 12.5 Å². The lowest BCUT2D eigenvalue weighted by atomic mass is 9.98. The van der Waals surface area contributed by atoms with E-state index >= 15 is 0 Å². The van der Waals surface area contributed by atoms with Crippen LogP contribution in [-0.4, -0.2) is 42.7 Å². The summed E-state index contributed by atoms with van der Waals surface area (Å²) in [5.74, 6) is 0.683. The van der Waals surface area contributed by atoms with Crippen molar-refractivity contribution in [2.24, 2.45) is 0 Å². The van der Waals surface area contributed by atoms with Crippen LogP contribution in [-0.2, 0) is 6.42 Å². The molecule has 1 N–H and O–H groups in total. The lowest BCUT2D eigenvalue weighted by Crippen LogP contribution is -2.50. The summed E-state index contributed by atoms with van der Waals surface area (Å²) >= 11 is 0. The minimum atomic E-state index is -0.171. The molecule has 2 aliphatic rings. The third kappa shape index (κ3) is 3.38. The van der Waals surface area contributed by atoms with Crippen LogP contribution in [0.4, 0.5) is 4.39 Å². The van der Waals surface area contributed by atoms with Gasteiger partial charge < -0.3 is 10.1 Å². The van der Waals surface area contributed by atoms with Gasteiger partial charge in [0, 0.05) is 30.6 Å². The molecule has 0 aromatic heterocycles. The molecular weight excluding hydrogens is 267 g/mol. The number of nitrogens with zero attached hydrogens (tertiary/aromatic N) is 1. The fourth-order valence-electron chi connectivity index (χ4n) is 3.39. The van der Waals surface area contributed by atoms with E-state index in [0.717, 1.165) is 50.3 Å². The number of hydrogen-bond donors (Lipinski definition) is 1. The Morgan fingerprint density at radius 2 is 2.33 bits per heavy atom. The second-order valence-corrected chi connectivity index (χ2v) is 6.63. The second-order valence-electron chi connectivity index (χ2n) is 6.63. The molecule has 0 amide bonds. The molecule has 1 aromatic rings. The van der Waals surface area contributed by atoms with Gasteiger partial charge in [-0.15, -0.1) is 0 Å². The molecule has 116 valence electrons. The van der Waals surface area contributed by atoms with Crippen molar-refractivity contribution in [2.45, 2.75) is 44.8 Å². The SMILES string of the molecule is CCC1(C)CN(CC2Cc3cc(F)ccc3O2)CCCN1. The fraction of sp³-hybridized carbons (Fsp3) is 0.647. The minimum absolute atomic E-state index is 0.154. The second kappa shape index (κ2) is 5.93. The van der Waals surface area contributed by atoms with Crippen molar-refractivity contribution in [3.8, 4) is 5.75 Å². The fourth-order valence-corrected chi connectivity index (χ4v) is 3.39. The molecule has 1 saturated heterocycles. The number of hydrogen-bond acceptors (Lipinski definition) is 3. The van der Waals surface area contributed by atoms with Crippen molar-refractivity contribution in [2.75, 3.05) is 26.2 Å². The molecule has 0 radical (unpaired) electrons. The zero-order chi connectivity index (χ0) is 14.9. The lowest BCUT2D eigenvalue weighted by molar-refractivity contribution is 0.133. The molecule has 3 rings (SSSR count). The number of fused-ring (bicyclic) bond motifs is 1. The average molecular weight is 292 g/mol. The van der Waals surface area contributed by atoms with Crippen LogP contribution in [0.25, 0.3) is 0 Å². The van der Waals surface area contributed by atoms with Gasteiger partial charge in [-0.25, -0.2) is 4.39 Å². The maximum Gasteiger partial charge on any atom is 0.123 e. The normalized spacial score (nSPS) is 29.8. The van der Waals surface area contributed by atoms with Gasteiger partial charge in [0.1, 0.15) is 17.7 Å². The summed E-state index contributed by atoms with van der Waals surface area (Å²) in [5.41, 5.74) is 1.19. The molecule has 0 bridgehead atoms. The first-order valence-electron chi connectivity index (χ1n) is 8.00. The van der Waals surface area contributed by atoms with Crippen LogP contribution in [0.3, 0.4) is 0 Å². The molecule has 1 aromatic carbocycles. The first-order valence-corrected chi connectivity index (χ1v) is 8.00. The van der Waals surface area contributed by atoms with E-state index in [1.807, 2.05) is 0 Å². The maximum absolute atomic E-state index is 13.3. The van der Waals surface area contributed by atoms with Crippen LogP contribution in [0.15, 0.2) is 18.2 Å². The third-order valence-electron chi connectivity index (χ3n) is 4.78. The van der Waals surface area contributed by atoms with Gasteiger partial charge in [0.2, 0.25) is 0 Å². The predicted octanol–water partition coefficient (Wildman–Crippen LogP) is 2.59. The van der Waals surface area contributed by atoms with Gasteiger partial charge in [-0.1, -0.05) is 6.92 Å². The minimum Gasteiger partial charge on any atom is -0.488 e. The summed E-state index contributed by atoms with van der Waals surface area (Å²) in [7, 11) is 0. The highest BCUT2D eigenvalue weighted by Crippen LogP contribution is 2.30. The summed E-state index contributed by atoms with van der Waals surface area (Å²) in [5, 5.41) is 3.66. The molecule has 3 nitrogen and oxygen atoms in total. The molecule has 2 aliphatic heterocycles. The molecule has 0 spiro atoms. The van der Waals surface area contributed by atoms with Gasteiger partial charge >= 0.3 is 0 Å². The van der Waals surface area contributed by atoms with Crippen molar-refractivity contribution in [1.29, 1.82) is 0 Å². The van der Waals surface area contributed by atoms with Crippen molar-refractivity contribution in [3.05, 3.63) is 29.6 Å². The first kappa shape index (κ1) is 14.8. The quantitative estimate of drug-likeness (QED) is 0.927. The summed E-state index contributed by atoms with van der Waals surface area (Å²) < 4.78 is 19.3. The van der Waals surface area contributed by atoms with E-state index in [1.54, 1.807) is 12.1 Å². The van der Waals surface area contributed by atoms with Gasteiger partial charge in [-0.2, -0.15) is 0 Å². The summed E-state index contributed by atoms with van der Waals surface area (Å²) in [6.45, 7) is 8.69. The van der Waals surface area contributed by atoms with E-state index in [4.69, 9.17) is 4.74 Å². The molecule has 2 heterocycles.